The quantitative estimate of drug-likeness (QED) is 0.188. The van der Waals surface area contributed by atoms with Crippen molar-refractivity contribution in [1.29, 1.82) is 0 Å². The predicted octanol–water partition coefficient (Wildman–Crippen LogP) is 7.38. The van der Waals surface area contributed by atoms with E-state index in [1.165, 1.54) is 11.1 Å². The first-order valence-electron chi connectivity index (χ1n) is 13.1. The van der Waals surface area contributed by atoms with Gasteiger partial charge in [0.2, 0.25) is 0 Å². The Bertz CT molecular complexity index is 1290. The zero-order valence-corrected chi connectivity index (χ0v) is 22.0. The van der Waals surface area contributed by atoms with Crippen LogP contribution in [0.25, 0.3) is 16.7 Å². The summed E-state index contributed by atoms with van der Waals surface area (Å²) in [7, 11) is 0. The molecule has 0 unspecified atom stereocenters. The van der Waals surface area contributed by atoms with Crippen LogP contribution < -0.4 is 4.74 Å². The SMILES string of the molecule is CCOC(=O)[C@@H](Cc1ccc(OCC=C(c2ccccc2)c2ccc(-c3ccccc3)cc2)cc1)OCC. The molecule has 0 amide bonds. The number of carbonyl (C=O) groups is 1. The third-order valence-electron chi connectivity index (χ3n) is 6.19. The Morgan fingerprint density at radius 2 is 1.32 bits per heavy atom. The van der Waals surface area contributed by atoms with E-state index in [4.69, 9.17) is 14.2 Å². The fourth-order valence-electron chi connectivity index (χ4n) is 4.30. The van der Waals surface area contributed by atoms with E-state index in [2.05, 4.69) is 66.7 Å². The molecule has 0 spiro atoms. The van der Waals surface area contributed by atoms with E-state index in [0.29, 0.717) is 26.2 Å². The molecule has 0 bridgehead atoms. The van der Waals surface area contributed by atoms with Crippen LogP contribution in [-0.2, 0) is 20.7 Å². The van der Waals surface area contributed by atoms with Gasteiger partial charge in [0.25, 0.3) is 0 Å². The highest BCUT2D eigenvalue weighted by Crippen LogP contribution is 2.27. The number of ether oxygens (including phenoxy) is 3. The minimum atomic E-state index is -0.601. The van der Waals surface area contributed by atoms with Crippen LogP contribution in [0.3, 0.4) is 0 Å². The van der Waals surface area contributed by atoms with Gasteiger partial charge in [-0.2, -0.15) is 0 Å². The van der Waals surface area contributed by atoms with Crippen molar-refractivity contribution < 1.29 is 19.0 Å². The summed E-state index contributed by atoms with van der Waals surface area (Å²) in [6.45, 7) is 4.89. The van der Waals surface area contributed by atoms with Crippen molar-refractivity contribution in [2.75, 3.05) is 19.8 Å². The maximum Gasteiger partial charge on any atom is 0.335 e. The summed E-state index contributed by atoms with van der Waals surface area (Å²) < 4.78 is 16.8. The number of esters is 1. The summed E-state index contributed by atoms with van der Waals surface area (Å²) in [5.41, 5.74) is 6.77. The Balaban J connectivity index is 1.45. The van der Waals surface area contributed by atoms with E-state index in [0.717, 1.165) is 28.0 Å². The minimum Gasteiger partial charge on any atom is -0.490 e. The highest BCUT2D eigenvalue weighted by atomic mass is 16.6. The van der Waals surface area contributed by atoms with Crippen LogP contribution in [0.2, 0.25) is 0 Å². The Hall–Kier alpha value is -4.15. The van der Waals surface area contributed by atoms with Crippen molar-refractivity contribution >= 4 is 11.5 Å². The average molecular weight is 507 g/mol. The Labute approximate surface area is 225 Å². The molecular weight excluding hydrogens is 472 g/mol. The highest BCUT2D eigenvalue weighted by Gasteiger charge is 2.20. The largest absolute Gasteiger partial charge is 0.490 e. The topological polar surface area (TPSA) is 44.8 Å². The van der Waals surface area contributed by atoms with E-state index in [9.17, 15) is 4.79 Å². The first-order chi connectivity index (χ1) is 18.7. The monoisotopic (exact) mass is 506 g/mol. The third kappa shape index (κ3) is 7.44. The van der Waals surface area contributed by atoms with E-state index in [1.54, 1.807) is 6.92 Å². The molecular formula is C34H34O4. The average Bonchev–Trinajstić information content (AvgIpc) is 2.97. The van der Waals surface area contributed by atoms with E-state index in [1.807, 2.05) is 55.5 Å². The molecule has 0 heterocycles. The van der Waals surface area contributed by atoms with Gasteiger partial charge >= 0.3 is 5.97 Å². The number of hydrogen-bond donors (Lipinski definition) is 0. The summed E-state index contributed by atoms with van der Waals surface area (Å²) in [5, 5.41) is 0. The molecule has 4 aromatic carbocycles. The lowest BCUT2D eigenvalue weighted by Gasteiger charge is -2.16. The first-order valence-corrected chi connectivity index (χ1v) is 13.1. The highest BCUT2D eigenvalue weighted by molar-refractivity contribution is 5.81. The molecule has 38 heavy (non-hydrogen) atoms. The Morgan fingerprint density at radius 1 is 0.711 bits per heavy atom. The Morgan fingerprint density at radius 3 is 1.95 bits per heavy atom. The maximum atomic E-state index is 12.2. The molecule has 0 saturated heterocycles. The van der Waals surface area contributed by atoms with Gasteiger partial charge in [-0.1, -0.05) is 97.1 Å². The number of hydrogen-bond acceptors (Lipinski definition) is 4. The van der Waals surface area contributed by atoms with E-state index < -0.39 is 6.10 Å². The molecule has 0 saturated carbocycles. The molecule has 0 radical (unpaired) electrons. The molecule has 0 aromatic heterocycles. The third-order valence-corrected chi connectivity index (χ3v) is 6.19. The predicted molar refractivity (Wildman–Crippen MR) is 153 cm³/mol. The van der Waals surface area contributed by atoms with Crippen LogP contribution in [0, 0.1) is 0 Å². The summed E-state index contributed by atoms with van der Waals surface area (Å²) >= 11 is 0. The van der Waals surface area contributed by atoms with Gasteiger partial charge in [0.05, 0.1) is 6.61 Å². The lowest BCUT2D eigenvalue weighted by Crippen LogP contribution is -2.28. The van der Waals surface area contributed by atoms with Crippen molar-refractivity contribution in [3.05, 3.63) is 132 Å². The van der Waals surface area contributed by atoms with Crippen LogP contribution in [0.15, 0.2) is 115 Å². The van der Waals surface area contributed by atoms with Crippen molar-refractivity contribution in [2.45, 2.75) is 26.4 Å². The summed E-state index contributed by atoms with van der Waals surface area (Å²) in [6, 6.07) is 37.2. The lowest BCUT2D eigenvalue weighted by atomic mass is 9.95. The first kappa shape index (κ1) is 26.9. The second kappa shape index (κ2) is 14.0. The van der Waals surface area contributed by atoms with E-state index in [-0.39, 0.29) is 5.97 Å². The number of benzene rings is 4. The molecule has 4 aromatic rings. The maximum absolute atomic E-state index is 12.2. The van der Waals surface area contributed by atoms with Crippen LogP contribution in [0.5, 0.6) is 5.75 Å². The van der Waals surface area contributed by atoms with Crippen LogP contribution in [-0.4, -0.2) is 31.9 Å². The molecule has 0 aliphatic rings. The molecule has 0 aliphatic heterocycles. The summed E-state index contributed by atoms with van der Waals surface area (Å²) in [5.74, 6) is 0.436. The van der Waals surface area contributed by atoms with Gasteiger partial charge in [0.1, 0.15) is 12.4 Å². The normalized spacial score (nSPS) is 12.1. The smallest absolute Gasteiger partial charge is 0.335 e. The fraction of sp³-hybridized carbons (Fsp3) is 0.206. The van der Waals surface area contributed by atoms with Crippen molar-refractivity contribution in [3.63, 3.8) is 0 Å². The Kier molecular flexibility index (Phi) is 9.89. The number of rotatable bonds is 12. The second-order valence-corrected chi connectivity index (χ2v) is 8.78. The molecule has 0 fully saturated rings. The van der Waals surface area contributed by atoms with Crippen molar-refractivity contribution in [1.82, 2.24) is 0 Å². The standard InChI is InChI=1S/C34H34O4/c1-3-36-33(34(35)37-4-2)25-26-15-21-31(22-16-26)38-24-23-32(29-13-9-6-10-14-29)30-19-17-28(18-20-30)27-11-7-5-8-12-27/h5-23,33H,3-4,24-25H2,1-2H3/t33-/m1/s1. The van der Waals surface area contributed by atoms with Gasteiger partial charge < -0.3 is 14.2 Å². The summed E-state index contributed by atoms with van der Waals surface area (Å²) in [6.07, 6.45) is 1.98. The number of carbonyl (C=O) groups excluding carboxylic acids is 1. The zero-order valence-electron chi connectivity index (χ0n) is 22.0. The van der Waals surface area contributed by atoms with Gasteiger partial charge in [-0.3, -0.25) is 0 Å². The second-order valence-electron chi connectivity index (χ2n) is 8.78. The molecule has 0 aliphatic carbocycles. The molecule has 1 atom stereocenters. The van der Waals surface area contributed by atoms with Gasteiger partial charge in [0.15, 0.2) is 6.10 Å². The van der Waals surface area contributed by atoms with Gasteiger partial charge in [0, 0.05) is 13.0 Å². The van der Waals surface area contributed by atoms with Crippen LogP contribution in [0.4, 0.5) is 0 Å². The van der Waals surface area contributed by atoms with Crippen molar-refractivity contribution in [3.8, 4) is 16.9 Å². The fourth-order valence-corrected chi connectivity index (χ4v) is 4.30. The molecule has 4 heteroatoms. The van der Waals surface area contributed by atoms with Gasteiger partial charge in [-0.15, -0.1) is 0 Å². The van der Waals surface area contributed by atoms with Gasteiger partial charge in [-0.25, -0.2) is 4.79 Å². The van der Waals surface area contributed by atoms with Crippen molar-refractivity contribution in [2.24, 2.45) is 0 Å². The molecule has 4 nitrogen and oxygen atoms in total. The van der Waals surface area contributed by atoms with Crippen LogP contribution in [0.1, 0.15) is 30.5 Å². The molecule has 194 valence electrons. The minimum absolute atomic E-state index is 0.329. The van der Waals surface area contributed by atoms with Crippen LogP contribution >= 0.6 is 0 Å². The molecule has 0 N–H and O–H groups in total. The molecule has 4 rings (SSSR count). The summed E-state index contributed by atoms with van der Waals surface area (Å²) in [4.78, 5) is 12.2. The van der Waals surface area contributed by atoms with E-state index >= 15 is 0 Å². The zero-order chi connectivity index (χ0) is 26.6. The lowest BCUT2D eigenvalue weighted by molar-refractivity contribution is -0.156. The van der Waals surface area contributed by atoms with Gasteiger partial charge in [-0.05, 0) is 65.4 Å².